The van der Waals surface area contributed by atoms with Crippen LogP contribution in [0, 0.1) is 6.92 Å². The third kappa shape index (κ3) is 4.33. The van der Waals surface area contributed by atoms with E-state index in [2.05, 4.69) is 10.0 Å². The smallest absolute Gasteiger partial charge is 0.338 e. The molecule has 1 heterocycles. The summed E-state index contributed by atoms with van der Waals surface area (Å²) >= 11 is 0. The summed E-state index contributed by atoms with van der Waals surface area (Å²) in [5.74, 6) is -0.527. The zero-order chi connectivity index (χ0) is 20.1. The number of nitrogens with zero attached hydrogens (tertiary/aromatic N) is 4. The molecule has 0 radical (unpaired) electrons. The van der Waals surface area contributed by atoms with Crippen molar-refractivity contribution in [2.75, 3.05) is 13.2 Å². The van der Waals surface area contributed by atoms with Crippen molar-refractivity contribution in [2.24, 2.45) is 5.11 Å². The molecular formula is C19H20N4O4S. The molecule has 0 aromatic heterocycles. The molecule has 2 atom stereocenters. The standard InChI is InChI=1S/C19H20N4O4S/c1-14-7-9-18(10-8-14)28(25,26)23-12-16(21-22-20)11-17(23)13-27-19(24)15-5-3-2-4-6-15/h2-10,16-17H,11-13H2,1H3/t16-,17-/m0/s1. The summed E-state index contributed by atoms with van der Waals surface area (Å²) in [4.78, 5) is 15.1. The highest BCUT2D eigenvalue weighted by molar-refractivity contribution is 7.89. The van der Waals surface area contributed by atoms with Crippen LogP contribution in [0.5, 0.6) is 0 Å². The van der Waals surface area contributed by atoms with Gasteiger partial charge in [-0.1, -0.05) is 41.0 Å². The molecule has 0 saturated carbocycles. The van der Waals surface area contributed by atoms with E-state index in [-0.39, 0.29) is 24.5 Å². The van der Waals surface area contributed by atoms with Crippen LogP contribution >= 0.6 is 0 Å². The van der Waals surface area contributed by atoms with Crippen molar-refractivity contribution in [2.45, 2.75) is 30.3 Å². The van der Waals surface area contributed by atoms with Crippen LogP contribution in [0.3, 0.4) is 0 Å². The predicted molar refractivity (Wildman–Crippen MR) is 103 cm³/mol. The van der Waals surface area contributed by atoms with Crippen LogP contribution < -0.4 is 0 Å². The summed E-state index contributed by atoms with van der Waals surface area (Å²) in [6, 6.07) is 13.9. The van der Waals surface area contributed by atoms with E-state index in [1.165, 1.54) is 4.31 Å². The number of hydrogen-bond acceptors (Lipinski definition) is 5. The van der Waals surface area contributed by atoms with Crippen LogP contribution in [-0.2, 0) is 14.8 Å². The van der Waals surface area contributed by atoms with Gasteiger partial charge in [-0.15, -0.1) is 0 Å². The highest BCUT2D eigenvalue weighted by Gasteiger charge is 2.40. The molecule has 9 heteroatoms. The second-order valence-electron chi connectivity index (χ2n) is 6.60. The molecule has 2 aromatic carbocycles. The van der Waals surface area contributed by atoms with Gasteiger partial charge in [0.15, 0.2) is 0 Å². The first kappa shape index (κ1) is 19.9. The Bertz CT molecular complexity index is 986. The van der Waals surface area contributed by atoms with Gasteiger partial charge in [0, 0.05) is 11.5 Å². The van der Waals surface area contributed by atoms with Crippen molar-refractivity contribution >= 4 is 16.0 Å². The molecule has 8 nitrogen and oxygen atoms in total. The fourth-order valence-electron chi connectivity index (χ4n) is 3.14. The lowest BCUT2D eigenvalue weighted by Crippen LogP contribution is -2.39. The van der Waals surface area contributed by atoms with Gasteiger partial charge < -0.3 is 4.74 Å². The Labute approximate surface area is 163 Å². The molecule has 0 N–H and O–H groups in total. The number of aryl methyl sites for hydroxylation is 1. The average molecular weight is 400 g/mol. The van der Waals surface area contributed by atoms with Gasteiger partial charge in [-0.2, -0.15) is 4.31 Å². The fourth-order valence-corrected chi connectivity index (χ4v) is 4.80. The highest BCUT2D eigenvalue weighted by Crippen LogP contribution is 2.28. The molecular weight excluding hydrogens is 380 g/mol. The van der Waals surface area contributed by atoms with Crippen LogP contribution in [0.4, 0.5) is 0 Å². The van der Waals surface area contributed by atoms with E-state index in [9.17, 15) is 13.2 Å². The summed E-state index contributed by atoms with van der Waals surface area (Å²) in [5.41, 5.74) is 10.1. The summed E-state index contributed by atoms with van der Waals surface area (Å²) < 4.78 is 32.7. The number of hydrogen-bond donors (Lipinski definition) is 0. The normalized spacial score (nSPS) is 19.8. The molecule has 0 unspecified atom stereocenters. The Morgan fingerprint density at radius 2 is 1.89 bits per heavy atom. The van der Waals surface area contributed by atoms with Crippen LogP contribution in [0.2, 0.25) is 0 Å². The van der Waals surface area contributed by atoms with E-state index >= 15 is 0 Å². The van der Waals surface area contributed by atoms with Crippen molar-refractivity contribution in [3.63, 3.8) is 0 Å². The van der Waals surface area contributed by atoms with Gasteiger partial charge in [0.1, 0.15) is 6.61 Å². The Kier molecular flexibility index (Phi) is 5.99. The largest absolute Gasteiger partial charge is 0.460 e. The Morgan fingerprint density at radius 3 is 2.54 bits per heavy atom. The average Bonchev–Trinajstić information content (AvgIpc) is 3.11. The van der Waals surface area contributed by atoms with Crippen molar-refractivity contribution in [1.29, 1.82) is 0 Å². The van der Waals surface area contributed by atoms with E-state index in [0.29, 0.717) is 5.56 Å². The minimum atomic E-state index is -3.81. The second kappa shape index (κ2) is 8.43. The van der Waals surface area contributed by atoms with E-state index in [0.717, 1.165) is 5.56 Å². The number of ether oxygens (including phenoxy) is 1. The van der Waals surface area contributed by atoms with Crippen molar-refractivity contribution in [1.82, 2.24) is 4.31 Å². The zero-order valence-electron chi connectivity index (χ0n) is 15.3. The minimum Gasteiger partial charge on any atom is -0.460 e. The van der Waals surface area contributed by atoms with Gasteiger partial charge in [0.25, 0.3) is 0 Å². The SMILES string of the molecule is Cc1ccc(S(=O)(=O)N2C[C@@H](N=[N+]=[N-])C[C@H]2COC(=O)c2ccccc2)cc1. The molecule has 1 saturated heterocycles. The molecule has 2 aromatic rings. The second-order valence-corrected chi connectivity index (χ2v) is 8.49. The molecule has 1 aliphatic rings. The number of azide groups is 1. The lowest BCUT2D eigenvalue weighted by atomic mass is 10.2. The number of carbonyl (C=O) groups excluding carboxylic acids is 1. The lowest BCUT2D eigenvalue weighted by Gasteiger charge is -2.23. The fraction of sp³-hybridized carbons (Fsp3) is 0.316. The Morgan fingerprint density at radius 1 is 1.21 bits per heavy atom. The summed E-state index contributed by atoms with van der Waals surface area (Å²) in [7, 11) is -3.81. The number of benzene rings is 2. The van der Waals surface area contributed by atoms with Gasteiger partial charge in [-0.05, 0) is 43.1 Å². The minimum absolute atomic E-state index is 0.0494. The number of sulfonamides is 1. The van der Waals surface area contributed by atoms with Gasteiger partial charge in [-0.25, -0.2) is 13.2 Å². The van der Waals surface area contributed by atoms with Crippen LogP contribution in [-0.4, -0.2) is 43.9 Å². The Balaban J connectivity index is 1.80. The van der Waals surface area contributed by atoms with Crippen molar-refractivity contribution in [3.8, 4) is 0 Å². The molecule has 146 valence electrons. The number of esters is 1. The van der Waals surface area contributed by atoms with Crippen LogP contribution in [0.1, 0.15) is 22.3 Å². The van der Waals surface area contributed by atoms with E-state index in [1.807, 2.05) is 6.92 Å². The van der Waals surface area contributed by atoms with Crippen LogP contribution in [0.25, 0.3) is 10.4 Å². The highest BCUT2D eigenvalue weighted by atomic mass is 32.2. The summed E-state index contributed by atoms with van der Waals surface area (Å²) in [6.07, 6.45) is 0.289. The van der Waals surface area contributed by atoms with Crippen molar-refractivity contribution < 1.29 is 17.9 Å². The van der Waals surface area contributed by atoms with E-state index in [1.54, 1.807) is 54.6 Å². The third-order valence-electron chi connectivity index (χ3n) is 4.60. The molecule has 0 bridgehead atoms. The molecule has 0 amide bonds. The van der Waals surface area contributed by atoms with Crippen LogP contribution in [0.15, 0.2) is 64.6 Å². The maximum atomic E-state index is 13.1. The van der Waals surface area contributed by atoms with Crippen molar-refractivity contribution in [3.05, 3.63) is 76.2 Å². The monoisotopic (exact) mass is 400 g/mol. The first-order valence-electron chi connectivity index (χ1n) is 8.76. The van der Waals surface area contributed by atoms with E-state index < -0.39 is 28.1 Å². The van der Waals surface area contributed by atoms with E-state index in [4.69, 9.17) is 10.3 Å². The Hall–Kier alpha value is -2.87. The first-order valence-corrected chi connectivity index (χ1v) is 10.2. The lowest BCUT2D eigenvalue weighted by molar-refractivity contribution is 0.0441. The summed E-state index contributed by atoms with van der Waals surface area (Å²) in [6.45, 7) is 1.81. The molecule has 1 aliphatic heterocycles. The molecule has 3 rings (SSSR count). The van der Waals surface area contributed by atoms with Gasteiger partial charge in [-0.3, -0.25) is 0 Å². The first-order chi connectivity index (χ1) is 13.4. The quantitative estimate of drug-likeness (QED) is 0.320. The third-order valence-corrected chi connectivity index (χ3v) is 6.53. The topological polar surface area (TPSA) is 112 Å². The van der Waals surface area contributed by atoms with Gasteiger partial charge in [0.2, 0.25) is 10.0 Å². The van der Waals surface area contributed by atoms with Gasteiger partial charge >= 0.3 is 5.97 Å². The molecule has 0 spiro atoms. The predicted octanol–water partition coefficient (Wildman–Crippen LogP) is 3.29. The molecule has 1 fully saturated rings. The maximum absolute atomic E-state index is 13.1. The molecule has 0 aliphatic carbocycles. The zero-order valence-corrected chi connectivity index (χ0v) is 16.1. The molecule has 28 heavy (non-hydrogen) atoms. The maximum Gasteiger partial charge on any atom is 0.338 e. The number of rotatable bonds is 6. The van der Waals surface area contributed by atoms with Gasteiger partial charge in [0.05, 0.1) is 22.5 Å². The number of carbonyl (C=O) groups is 1. The summed E-state index contributed by atoms with van der Waals surface area (Å²) in [5, 5.41) is 3.66.